The van der Waals surface area contributed by atoms with Crippen LogP contribution >= 0.6 is 0 Å². The minimum atomic E-state index is -0.00602. The Balaban J connectivity index is 2.70. The van der Waals surface area contributed by atoms with Gasteiger partial charge in [0.25, 0.3) is 0 Å². The van der Waals surface area contributed by atoms with Gasteiger partial charge in [0.1, 0.15) is 0 Å². The maximum Gasteiger partial charge on any atom is 0.231 e. The molecule has 1 aromatic rings. The van der Waals surface area contributed by atoms with Crippen LogP contribution in [0.4, 0.5) is 0 Å². The molecule has 0 bridgehead atoms. The molecule has 0 fully saturated rings. The summed E-state index contributed by atoms with van der Waals surface area (Å²) in [5, 5.41) is 10.1. The van der Waals surface area contributed by atoms with Gasteiger partial charge in [-0.25, -0.2) is 0 Å². The van der Waals surface area contributed by atoms with Crippen molar-refractivity contribution in [3.63, 3.8) is 0 Å². The smallest absolute Gasteiger partial charge is 0.231 e. The van der Waals surface area contributed by atoms with Crippen LogP contribution in [0.1, 0.15) is 5.56 Å². The van der Waals surface area contributed by atoms with Gasteiger partial charge >= 0.3 is 0 Å². The Morgan fingerprint density at radius 2 is 1.82 bits per heavy atom. The number of hydrogen-bond donors (Lipinski definition) is 1. The summed E-state index contributed by atoms with van der Waals surface area (Å²) >= 11 is 0. The molecule has 17 heavy (non-hydrogen) atoms. The quantitative estimate of drug-likeness (QED) is 0.811. The second-order valence-electron chi connectivity index (χ2n) is 3.45. The number of phenolic OH excluding ortho intramolecular Hbond substituents is 1. The van der Waals surface area contributed by atoms with Gasteiger partial charge in [-0.15, -0.1) is 6.58 Å². The van der Waals surface area contributed by atoms with Crippen molar-refractivity contribution in [2.75, 3.05) is 21.0 Å². The van der Waals surface area contributed by atoms with Crippen LogP contribution in [0.2, 0.25) is 0 Å². The first-order valence-electron chi connectivity index (χ1n) is 5.10. The lowest BCUT2D eigenvalue weighted by atomic mass is 10.1. The van der Waals surface area contributed by atoms with Crippen molar-refractivity contribution in [2.45, 2.75) is 6.42 Å². The lowest BCUT2D eigenvalue weighted by Gasteiger charge is -2.15. The van der Waals surface area contributed by atoms with Crippen LogP contribution in [0.15, 0.2) is 12.7 Å². The molecule has 92 valence electrons. The summed E-state index contributed by atoms with van der Waals surface area (Å²) in [6.07, 6.45) is 2.11. The van der Waals surface area contributed by atoms with Gasteiger partial charge in [-0.3, -0.25) is 0 Å². The summed E-state index contributed by atoms with van der Waals surface area (Å²) in [6.45, 7) is 3.72. The second kappa shape index (κ2) is 4.45. The third kappa shape index (κ3) is 1.63. The Kier molecular flexibility index (Phi) is 2.99. The van der Waals surface area contributed by atoms with Crippen LogP contribution in [0, 0.1) is 0 Å². The SMILES string of the molecule is C=CCc1c(O)c(OC)c2c(c1OC)OCO2. The van der Waals surface area contributed by atoms with E-state index in [1.165, 1.54) is 14.2 Å². The summed E-state index contributed by atoms with van der Waals surface area (Å²) in [6, 6.07) is 0. The largest absolute Gasteiger partial charge is 0.504 e. The van der Waals surface area contributed by atoms with Gasteiger partial charge < -0.3 is 24.1 Å². The van der Waals surface area contributed by atoms with Crippen molar-refractivity contribution >= 4 is 0 Å². The zero-order chi connectivity index (χ0) is 12.4. The molecule has 1 N–H and O–H groups in total. The van der Waals surface area contributed by atoms with Gasteiger partial charge in [-0.2, -0.15) is 0 Å². The molecular formula is C12H14O5. The van der Waals surface area contributed by atoms with E-state index in [4.69, 9.17) is 18.9 Å². The van der Waals surface area contributed by atoms with Gasteiger partial charge in [0.2, 0.25) is 24.0 Å². The molecule has 1 heterocycles. The van der Waals surface area contributed by atoms with E-state index in [-0.39, 0.29) is 18.3 Å². The number of allylic oxidation sites excluding steroid dienone is 1. The monoisotopic (exact) mass is 238 g/mol. The molecule has 1 aliphatic heterocycles. The van der Waals surface area contributed by atoms with E-state index in [1.807, 2.05) is 0 Å². The Hall–Kier alpha value is -2.04. The minimum Gasteiger partial charge on any atom is -0.504 e. The van der Waals surface area contributed by atoms with E-state index in [0.29, 0.717) is 29.2 Å². The molecule has 0 atom stereocenters. The molecule has 1 aromatic carbocycles. The first-order chi connectivity index (χ1) is 8.24. The molecule has 0 spiro atoms. The van der Waals surface area contributed by atoms with E-state index in [0.717, 1.165) is 0 Å². The number of aromatic hydroxyl groups is 1. The molecule has 0 unspecified atom stereocenters. The number of methoxy groups -OCH3 is 2. The summed E-state index contributed by atoms with van der Waals surface area (Å²) in [7, 11) is 2.97. The number of phenols is 1. The average Bonchev–Trinajstić information content (AvgIpc) is 2.79. The fraction of sp³-hybridized carbons (Fsp3) is 0.333. The lowest BCUT2D eigenvalue weighted by molar-refractivity contribution is 0.168. The fourth-order valence-electron chi connectivity index (χ4n) is 1.84. The first kappa shape index (κ1) is 11.4. The van der Waals surface area contributed by atoms with E-state index >= 15 is 0 Å². The van der Waals surface area contributed by atoms with E-state index in [1.54, 1.807) is 6.08 Å². The van der Waals surface area contributed by atoms with Gasteiger partial charge in [0, 0.05) is 5.56 Å². The molecule has 2 rings (SSSR count). The van der Waals surface area contributed by atoms with E-state index in [2.05, 4.69) is 6.58 Å². The topological polar surface area (TPSA) is 57.2 Å². The highest BCUT2D eigenvalue weighted by Crippen LogP contribution is 2.55. The Morgan fingerprint density at radius 3 is 2.35 bits per heavy atom. The predicted molar refractivity (Wildman–Crippen MR) is 61.2 cm³/mol. The third-order valence-electron chi connectivity index (χ3n) is 2.56. The van der Waals surface area contributed by atoms with Crippen molar-refractivity contribution in [3.8, 4) is 28.7 Å². The highest BCUT2D eigenvalue weighted by Gasteiger charge is 2.30. The maximum absolute atomic E-state index is 10.1. The Bertz CT molecular complexity index is 453. The highest BCUT2D eigenvalue weighted by molar-refractivity contribution is 5.70. The van der Waals surface area contributed by atoms with Crippen LogP contribution in [0.25, 0.3) is 0 Å². The maximum atomic E-state index is 10.1. The van der Waals surface area contributed by atoms with E-state index < -0.39 is 0 Å². The molecule has 0 amide bonds. The molecule has 0 aliphatic carbocycles. The van der Waals surface area contributed by atoms with Crippen LogP contribution in [-0.2, 0) is 6.42 Å². The zero-order valence-electron chi connectivity index (χ0n) is 9.78. The molecular weight excluding hydrogens is 224 g/mol. The van der Waals surface area contributed by atoms with E-state index in [9.17, 15) is 5.11 Å². The number of benzene rings is 1. The first-order valence-corrected chi connectivity index (χ1v) is 5.10. The van der Waals surface area contributed by atoms with Crippen molar-refractivity contribution < 1.29 is 24.1 Å². The highest BCUT2D eigenvalue weighted by atomic mass is 16.7. The summed E-state index contributed by atoms with van der Waals surface area (Å²) in [5.74, 6) is 1.54. The second-order valence-corrected chi connectivity index (χ2v) is 3.45. The van der Waals surface area contributed by atoms with Gasteiger partial charge in [0.05, 0.1) is 14.2 Å². The van der Waals surface area contributed by atoms with Crippen LogP contribution in [0.5, 0.6) is 28.7 Å². The van der Waals surface area contributed by atoms with Gasteiger partial charge in [-0.1, -0.05) is 6.08 Å². The van der Waals surface area contributed by atoms with Crippen molar-refractivity contribution in [1.29, 1.82) is 0 Å². The molecule has 5 heteroatoms. The number of hydrogen-bond acceptors (Lipinski definition) is 5. The molecule has 0 radical (unpaired) electrons. The lowest BCUT2D eigenvalue weighted by Crippen LogP contribution is -1.96. The number of fused-ring (bicyclic) bond motifs is 1. The summed E-state index contributed by atoms with van der Waals surface area (Å²) in [4.78, 5) is 0. The molecule has 1 aliphatic rings. The van der Waals surface area contributed by atoms with Gasteiger partial charge in [0.15, 0.2) is 11.5 Å². The summed E-state index contributed by atoms with van der Waals surface area (Å²) < 4.78 is 21.0. The number of ether oxygens (including phenoxy) is 4. The van der Waals surface area contributed by atoms with Gasteiger partial charge in [-0.05, 0) is 6.42 Å². The van der Waals surface area contributed by atoms with Crippen molar-refractivity contribution in [1.82, 2.24) is 0 Å². The van der Waals surface area contributed by atoms with Crippen LogP contribution < -0.4 is 18.9 Å². The normalized spacial score (nSPS) is 12.4. The zero-order valence-corrected chi connectivity index (χ0v) is 9.78. The van der Waals surface area contributed by atoms with Crippen molar-refractivity contribution in [2.24, 2.45) is 0 Å². The molecule has 0 saturated carbocycles. The third-order valence-corrected chi connectivity index (χ3v) is 2.56. The molecule has 5 nitrogen and oxygen atoms in total. The summed E-state index contributed by atoms with van der Waals surface area (Å²) in [5.41, 5.74) is 0.573. The predicted octanol–water partition coefficient (Wildman–Crippen LogP) is 1.87. The van der Waals surface area contributed by atoms with Crippen molar-refractivity contribution in [3.05, 3.63) is 18.2 Å². The fourth-order valence-corrected chi connectivity index (χ4v) is 1.84. The molecule has 0 aromatic heterocycles. The van der Waals surface area contributed by atoms with Crippen LogP contribution in [-0.4, -0.2) is 26.1 Å². The number of rotatable bonds is 4. The average molecular weight is 238 g/mol. The Morgan fingerprint density at radius 1 is 1.24 bits per heavy atom. The van der Waals surface area contributed by atoms with Crippen LogP contribution in [0.3, 0.4) is 0 Å². The minimum absolute atomic E-state index is 0.00602. The standard InChI is InChI=1S/C12H14O5/c1-4-5-7-8(13)10(15-3)12-11(9(7)14-2)16-6-17-12/h4,13H,1,5-6H2,2-3H3. The molecule has 0 saturated heterocycles. The Labute approximate surface area is 99.2 Å².